The van der Waals surface area contributed by atoms with Gasteiger partial charge in [-0.3, -0.25) is 9.59 Å². The largest absolute Gasteiger partial charge is 0.392 e. The molecule has 1 amide bonds. The van der Waals surface area contributed by atoms with Crippen molar-refractivity contribution in [3.05, 3.63) is 47.5 Å². The molecule has 1 aromatic carbocycles. The normalized spacial score (nSPS) is 27.1. The summed E-state index contributed by atoms with van der Waals surface area (Å²) < 4.78 is 0. The van der Waals surface area contributed by atoms with Gasteiger partial charge in [-0.25, -0.2) is 0 Å². The molecule has 4 nitrogen and oxygen atoms in total. The van der Waals surface area contributed by atoms with Crippen molar-refractivity contribution in [3.63, 3.8) is 0 Å². The van der Waals surface area contributed by atoms with E-state index < -0.39 is 6.10 Å². The third-order valence-corrected chi connectivity index (χ3v) is 5.89. The van der Waals surface area contributed by atoms with Gasteiger partial charge in [0.2, 0.25) is 5.91 Å². The molecule has 2 aliphatic rings. The van der Waals surface area contributed by atoms with Gasteiger partial charge in [-0.05, 0) is 43.9 Å². The van der Waals surface area contributed by atoms with Crippen LogP contribution in [0.2, 0.25) is 0 Å². The second-order valence-electron chi connectivity index (χ2n) is 7.91. The number of ketones is 1. The third kappa shape index (κ3) is 4.07. The van der Waals surface area contributed by atoms with Crippen molar-refractivity contribution in [1.29, 1.82) is 0 Å². The van der Waals surface area contributed by atoms with Gasteiger partial charge in [-0.2, -0.15) is 0 Å². The van der Waals surface area contributed by atoms with Crippen molar-refractivity contribution >= 4 is 11.7 Å². The van der Waals surface area contributed by atoms with Gasteiger partial charge in [0, 0.05) is 26.1 Å². The quantitative estimate of drug-likeness (QED) is 0.463. The van der Waals surface area contributed by atoms with Crippen LogP contribution in [0, 0.1) is 17.8 Å². The van der Waals surface area contributed by atoms with Crippen molar-refractivity contribution in [2.75, 3.05) is 14.1 Å². The van der Waals surface area contributed by atoms with Gasteiger partial charge >= 0.3 is 0 Å². The van der Waals surface area contributed by atoms with E-state index in [0.717, 1.165) is 25.7 Å². The number of Topliss-reactive ketones (excluding diaryl/α,β-unsaturated/α-hetero) is 1. The third-order valence-electron chi connectivity index (χ3n) is 5.89. The van der Waals surface area contributed by atoms with Gasteiger partial charge in [0.05, 0.1) is 12.0 Å². The number of allylic oxidation sites excluding steroid dienone is 2. The maximum absolute atomic E-state index is 12.9. The Bertz CT molecular complexity index is 680. The van der Waals surface area contributed by atoms with Crippen LogP contribution in [0.4, 0.5) is 0 Å². The monoisotopic (exact) mass is 355 g/mol. The molecule has 1 fully saturated rings. The summed E-state index contributed by atoms with van der Waals surface area (Å²) >= 11 is 0. The van der Waals surface area contributed by atoms with Crippen molar-refractivity contribution in [1.82, 2.24) is 4.90 Å². The lowest BCUT2D eigenvalue weighted by Gasteiger charge is -2.20. The molecule has 0 radical (unpaired) electrons. The Labute approximate surface area is 155 Å². The number of carbonyl (C=O) groups is 2. The van der Waals surface area contributed by atoms with Crippen molar-refractivity contribution in [2.24, 2.45) is 17.8 Å². The summed E-state index contributed by atoms with van der Waals surface area (Å²) in [6.45, 7) is 0. The summed E-state index contributed by atoms with van der Waals surface area (Å²) in [7, 11) is 3.58. The Morgan fingerprint density at radius 2 is 1.88 bits per heavy atom. The second kappa shape index (κ2) is 8.17. The predicted octanol–water partition coefficient (Wildman–Crippen LogP) is 3.46. The predicted molar refractivity (Wildman–Crippen MR) is 102 cm³/mol. The number of nitrogens with zero attached hydrogens (tertiary/aromatic N) is 1. The number of hydrogen-bond acceptors (Lipinski definition) is 3. The number of hydrogen-bond donors (Lipinski definition) is 1. The number of carbonyl (C=O) groups excluding carboxylic acids is 2. The molecule has 2 aliphatic carbocycles. The van der Waals surface area contributed by atoms with Crippen LogP contribution in [0.15, 0.2) is 42.0 Å². The SMILES string of the molecule is CN(C)C(=O)CCCCC1=C[C@H]2C[C@@H](O)[C@H](C(=O)c3ccccc3)[C@H]2C1. The summed E-state index contributed by atoms with van der Waals surface area (Å²) in [6.07, 6.45) is 6.86. The fraction of sp³-hybridized carbons (Fsp3) is 0.545. The Kier molecular flexibility index (Phi) is 5.92. The summed E-state index contributed by atoms with van der Waals surface area (Å²) in [4.78, 5) is 26.2. The lowest BCUT2D eigenvalue weighted by molar-refractivity contribution is -0.128. The number of aliphatic hydroxyl groups excluding tert-OH is 1. The zero-order chi connectivity index (χ0) is 18.7. The van der Waals surface area contributed by atoms with Crippen LogP contribution < -0.4 is 0 Å². The van der Waals surface area contributed by atoms with E-state index in [4.69, 9.17) is 0 Å². The molecule has 0 unspecified atom stereocenters. The van der Waals surface area contributed by atoms with Gasteiger partial charge in [0.25, 0.3) is 0 Å². The molecule has 0 aromatic heterocycles. The molecular formula is C22H29NO3. The number of benzene rings is 1. The van der Waals surface area contributed by atoms with Crippen LogP contribution in [-0.2, 0) is 4.79 Å². The van der Waals surface area contributed by atoms with Crippen LogP contribution in [0.25, 0.3) is 0 Å². The van der Waals surface area contributed by atoms with Crippen LogP contribution >= 0.6 is 0 Å². The first-order valence-corrected chi connectivity index (χ1v) is 9.64. The number of unbranched alkanes of at least 4 members (excludes halogenated alkanes) is 1. The fourth-order valence-corrected chi connectivity index (χ4v) is 4.50. The number of amides is 1. The molecule has 140 valence electrons. The van der Waals surface area contributed by atoms with Gasteiger partial charge in [0.15, 0.2) is 5.78 Å². The average Bonchev–Trinajstić information content (AvgIpc) is 3.14. The minimum absolute atomic E-state index is 0.0804. The van der Waals surface area contributed by atoms with E-state index in [1.807, 2.05) is 30.3 Å². The first-order chi connectivity index (χ1) is 12.5. The maximum atomic E-state index is 12.9. The smallest absolute Gasteiger partial charge is 0.222 e. The van der Waals surface area contributed by atoms with E-state index >= 15 is 0 Å². The molecule has 0 saturated heterocycles. The van der Waals surface area contributed by atoms with Crippen molar-refractivity contribution in [3.8, 4) is 0 Å². The van der Waals surface area contributed by atoms with Crippen molar-refractivity contribution < 1.29 is 14.7 Å². The fourth-order valence-electron chi connectivity index (χ4n) is 4.50. The Balaban J connectivity index is 1.54. The van der Waals surface area contributed by atoms with Crippen LogP contribution in [0.1, 0.15) is 48.9 Å². The Hall–Kier alpha value is -1.94. The molecule has 0 spiro atoms. The van der Waals surface area contributed by atoms with Gasteiger partial charge in [-0.15, -0.1) is 0 Å². The van der Waals surface area contributed by atoms with E-state index in [2.05, 4.69) is 6.08 Å². The summed E-state index contributed by atoms with van der Waals surface area (Å²) in [6, 6.07) is 9.33. The molecule has 0 bridgehead atoms. The van der Waals surface area contributed by atoms with E-state index in [0.29, 0.717) is 24.3 Å². The number of aliphatic hydroxyl groups is 1. The first kappa shape index (κ1) is 18.8. The van der Waals surface area contributed by atoms with Crippen LogP contribution in [0.3, 0.4) is 0 Å². The molecule has 1 saturated carbocycles. The lowest BCUT2D eigenvalue weighted by atomic mass is 9.84. The molecular weight excluding hydrogens is 326 g/mol. The van der Waals surface area contributed by atoms with E-state index in [1.165, 1.54) is 5.57 Å². The van der Waals surface area contributed by atoms with Crippen LogP contribution in [0.5, 0.6) is 0 Å². The van der Waals surface area contributed by atoms with E-state index in [-0.39, 0.29) is 23.5 Å². The average molecular weight is 355 g/mol. The molecule has 4 heteroatoms. The zero-order valence-electron chi connectivity index (χ0n) is 15.7. The molecule has 1 aromatic rings. The first-order valence-electron chi connectivity index (χ1n) is 9.64. The van der Waals surface area contributed by atoms with Gasteiger partial charge < -0.3 is 10.0 Å². The molecule has 3 rings (SSSR count). The molecule has 0 aliphatic heterocycles. The molecule has 4 atom stereocenters. The number of rotatable bonds is 7. The van der Waals surface area contributed by atoms with Gasteiger partial charge in [0.1, 0.15) is 0 Å². The topological polar surface area (TPSA) is 57.6 Å². The molecule has 26 heavy (non-hydrogen) atoms. The van der Waals surface area contributed by atoms with E-state index in [1.54, 1.807) is 19.0 Å². The maximum Gasteiger partial charge on any atom is 0.222 e. The van der Waals surface area contributed by atoms with Crippen LogP contribution in [-0.4, -0.2) is 41.9 Å². The highest BCUT2D eigenvalue weighted by atomic mass is 16.3. The minimum Gasteiger partial charge on any atom is -0.392 e. The Morgan fingerprint density at radius 3 is 2.58 bits per heavy atom. The summed E-state index contributed by atoms with van der Waals surface area (Å²) in [5.41, 5.74) is 2.10. The van der Waals surface area contributed by atoms with Gasteiger partial charge in [-0.1, -0.05) is 42.0 Å². The highest BCUT2D eigenvalue weighted by molar-refractivity contribution is 5.98. The Morgan fingerprint density at radius 1 is 1.15 bits per heavy atom. The summed E-state index contributed by atoms with van der Waals surface area (Å²) in [5, 5.41) is 10.4. The minimum atomic E-state index is -0.534. The molecule has 1 N–H and O–H groups in total. The van der Waals surface area contributed by atoms with Crippen molar-refractivity contribution in [2.45, 2.75) is 44.6 Å². The lowest BCUT2D eigenvalue weighted by Crippen LogP contribution is -2.28. The highest BCUT2D eigenvalue weighted by Crippen LogP contribution is 2.48. The highest BCUT2D eigenvalue weighted by Gasteiger charge is 2.47. The number of fused-ring (bicyclic) bond motifs is 1. The summed E-state index contributed by atoms with van der Waals surface area (Å²) in [5.74, 6) is 0.527. The standard InChI is InChI=1S/C22H29NO3/c1-23(2)20(25)11-7-6-8-15-12-17-14-19(24)21(18(17)13-15)22(26)16-9-4-3-5-10-16/h3-5,9-10,12,17-19,21,24H,6-8,11,13-14H2,1-2H3/t17-,18-,19+,21+/m0/s1. The second-order valence-corrected chi connectivity index (χ2v) is 7.91. The van der Waals surface area contributed by atoms with E-state index in [9.17, 15) is 14.7 Å². The zero-order valence-corrected chi connectivity index (χ0v) is 15.7. The molecule has 0 heterocycles.